The van der Waals surface area contributed by atoms with Gasteiger partial charge in [0.15, 0.2) is 23.0 Å². The van der Waals surface area contributed by atoms with Crippen LogP contribution in [0.4, 0.5) is 0 Å². The molecule has 0 bridgehead atoms. The standard InChI is InChI=1S/C33H28N4O6/c1-20-2-4-21(5-3-20)26-18-37(23-9-12-40-13-10-23)36-32(33(26)39)28(38)14-22-6-7-24(17-35-22)43-29-8-11-34-27-16-31-30(15-25(27)29)41-19-42-31/h2-8,11,15-18,23H,9-10,12-14,19H2,1H3. The number of Topliss-reactive ketones (excluding diaryl/α,β-unsaturated/α-hetero) is 1. The van der Waals surface area contributed by atoms with E-state index in [-0.39, 0.29) is 30.4 Å². The van der Waals surface area contributed by atoms with E-state index in [0.29, 0.717) is 53.0 Å². The summed E-state index contributed by atoms with van der Waals surface area (Å²) >= 11 is 0. The maximum Gasteiger partial charge on any atom is 0.231 e. The van der Waals surface area contributed by atoms with Crippen LogP contribution in [0, 0.1) is 6.92 Å². The van der Waals surface area contributed by atoms with Gasteiger partial charge in [-0.05, 0) is 49.6 Å². The van der Waals surface area contributed by atoms with Crippen LogP contribution in [0.1, 0.15) is 40.6 Å². The molecular weight excluding hydrogens is 548 g/mol. The number of carbonyl (C=O) groups is 1. The summed E-state index contributed by atoms with van der Waals surface area (Å²) in [5.74, 6) is 1.96. The first kappa shape index (κ1) is 26.8. The van der Waals surface area contributed by atoms with E-state index in [2.05, 4.69) is 15.1 Å². The molecule has 216 valence electrons. The molecule has 1 saturated heterocycles. The lowest BCUT2D eigenvalue weighted by molar-refractivity contribution is 0.0655. The number of ketones is 1. The fraction of sp³-hybridized carbons (Fsp3) is 0.242. The van der Waals surface area contributed by atoms with Gasteiger partial charge < -0.3 is 18.9 Å². The van der Waals surface area contributed by atoms with Crippen LogP contribution in [0.25, 0.3) is 22.0 Å². The second-order valence-electron chi connectivity index (χ2n) is 10.6. The molecular formula is C33H28N4O6. The van der Waals surface area contributed by atoms with Gasteiger partial charge in [-0.3, -0.25) is 24.2 Å². The molecule has 0 amide bonds. The summed E-state index contributed by atoms with van der Waals surface area (Å²) in [6, 6.07) is 16.6. The van der Waals surface area contributed by atoms with E-state index in [0.717, 1.165) is 29.4 Å². The molecule has 0 N–H and O–H groups in total. The van der Waals surface area contributed by atoms with Crippen LogP contribution in [0.3, 0.4) is 0 Å². The lowest BCUT2D eigenvalue weighted by Crippen LogP contribution is -2.29. The highest BCUT2D eigenvalue weighted by molar-refractivity contribution is 5.96. The number of fused-ring (bicyclic) bond motifs is 2. The largest absolute Gasteiger partial charge is 0.455 e. The molecule has 0 spiro atoms. The van der Waals surface area contributed by atoms with Crippen LogP contribution in [-0.2, 0) is 11.2 Å². The van der Waals surface area contributed by atoms with E-state index in [1.807, 2.05) is 43.3 Å². The van der Waals surface area contributed by atoms with Gasteiger partial charge in [-0.25, -0.2) is 0 Å². The summed E-state index contributed by atoms with van der Waals surface area (Å²) in [5, 5.41) is 5.31. The van der Waals surface area contributed by atoms with Crippen molar-refractivity contribution in [1.29, 1.82) is 0 Å². The molecule has 3 aromatic heterocycles. The lowest BCUT2D eigenvalue weighted by Gasteiger charge is -2.24. The summed E-state index contributed by atoms with van der Waals surface area (Å²) in [4.78, 5) is 35.9. The Morgan fingerprint density at radius 3 is 2.56 bits per heavy atom. The van der Waals surface area contributed by atoms with Gasteiger partial charge in [-0.1, -0.05) is 29.8 Å². The van der Waals surface area contributed by atoms with E-state index >= 15 is 0 Å². The predicted octanol–water partition coefficient (Wildman–Crippen LogP) is 5.46. The fourth-order valence-electron chi connectivity index (χ4n) is 5.32. The molecule has 1 fully saturated rings. The molecule has 5 heterocycles. The van der Waals surface area contributed by atoms with E-state index < -0.39 is 5.78 Å². The molecule has 43 heavy (non-hydrogen) atoms. The number of hydrogen-bond donors (Lipinski definition) is 0. The number of hydrogen-bond acceptors (Lipinski definition) is 9. The fourth-order valence-corrected chi connectivity index (χ4v) is 5.32. The molecule has 0 unspecified atom stereocenters. The van der Waals surface area contributed by atoms with Crippen LogP contribution in [-0.4, -0.2) is 45.5 Å². The normalized spacial score (nSPS) is 14.6. The molecule has 2 aromatic carbocycles. The number of benzene rings is 2. The first-order valence-corrected chi connectivity index (χ1v) is 14.1. The van der Waals surface area contributed by atoms with Crippen LogP contribution in [0.15, 0.2) is 78.0 Å². The van der Waals surface area contributed by atoms with Gasteiger partial charge in [-0.2, -0.15) is 5.10 Å². The Kier molecular flexibility index (Phi) is 7.04. The van der Waals surface area contributed by atoms with Crippen LogP contribution in [0.5, 0.6) is 23.0 Å². The monoisotopic (exact) mass is 576 g/mol. The highest BCUT2D eigenvalue weighted by Crippen LogP contribution is 2.39. The third kappa shape index (κ3) is 5.44. The van der Waals surface area contributed by atoms with E-state index in [1.54, 1.807) is 41.5 Å². The Labute approximate surface area is 246 Å². The molecule has 0 saturated carbocycles. The van der Waals surface area contributed by atoms with Crippen molar-refractivity contribution in [2.24, 2.45) is 0 Å². The average molecular weight is 577 g/mol. The van der Waals surface area contributed by atoms with Crippen molar-refractivity contribution in [3.8, 4) is 34.1 Å². The maximum atomic E-state index is 13.6. The van der Waals surface area contributed by atoms with Gasteiger partial charge in [0.2, 0.25) is 12.2 Å². The maximum absolute atomic E-state index is 13.6. The molecule has 0 atom stereocenters. The smallest absolute Gasteiger partial charge is 0.231 e. The Morgan fingerprint density at radius 2 is 1.79 bits per heavy atom. The Hall–Kier alpha value is -5.09. The number of carbonyl (C=O) groups excluding carboxylic acids is 1. The number of aryl methyl sites for hydroxylation is 1. The van der Waals surface area contributed by atoms with E-state index in [1.165, 1.54) is 0 Å². The Morgan fingerprint density at radius 1 is 1.00 bits per heavy atom. The molecule has 0 aliphatic carbocycles. The van der Waals surface area contributed by atoms with Crippen molar-refractivity contribution >= 4 is 16.7 Å². The van der Waals surface area contributed by atoms with Crippen LogP contribution >= 0.6 is 0 Å². The SMILES string of the molecule is Cc1ccc(-c2cn(C3CCOCC3)nc(C(=O)Cc3ccc(Oc4ccnc5cc6c(cc45)OCO6)cn3)c2=O)cc1. The van der Waals surface area contributed by atoms with Gasteiger partial charge in [0.1, 0.15) is 11.5 Å². The van der Waals surface area contributed by atoms with Gasteiger partial charge in [0.25, 0.3) is 0 Å². The zero-order chi connectivity index (χ0) is 29.3. The van der Waals surface area contributed by atoms with Gasteiger partial charge in [0.05, 0.1) is 24.2 Å². The number of pyridine rings is 2. The average Bonchev–Trinajstić information content (AvgIpc) is 3.50. The van der Waals surface area contributed by atoms with Gasteiger partial charge in [-0.15, -0.1) is 0 Å². The number of ether oxygens (including phenoxy) is 4. The number of nitrogens with zero attached hydrogens (tertiary/aromatic N) is 4. The Bertz CT molecular complexity index is 1880. The van der Waals surface area contributed by atoms with Crippen LogP contribution in [0.2, 0.25) is 0 Å². The molecule has 2 aliphatic rings. The lowest BCUT2D eigenvalue weighted by atomic mass is 10.0. The summed E-state index contributed by atoms with van der Waals surface area (Å²) in [6.07, 6.45) is 6.42. The minimum Gasteiger partial charge on any atom is -0.455 e. The summed E-state index contributed by atoms with van der Waals surface area (Å²) in [5.41, 5.74) is 3.02. The molecule has 10 heteroatoms. The Balaban J connectivity index is 1.14. The number of aromatic nitrogens is 4. The van der Waals surface area contributed by atoms with Crippen molar-refractivity contribution in [3.63, 3.8) is 0 Å². The van der Waals surface area contributed by atoms with Gasteiger partial charge >= 0.3 is 0 Å². The molecule has 0 radical (unpaired) electrons. The summed E-state index contributed by atoms with van der Waals surface area (Å²) in [7, 11) is 0. The highest BCUT2D eigenvalue weighted by Gasteiger charge is 2.23. The third-order valence-corrected chi connectivity index (χ3v) is 7.69. The zero-order valence-corrected chi connectivity index (χ0v) is 23.5. The van der Waals surface area contributed by atoms with Gasteiger partial charge in [0, 0.05) is 48.3 Å². The predicted molar refractivity (Wildman–Crippen MR) is 158 cm³/mol. The first-order valence-electron chi connectivity index (χ1n) is 14.1. The van der Waals surface area contributed by atoms with Crippen LogP contribution < -0.4 is 19.6 Å². The van der Waals surface area contributed by atoms with E-state index in [4.69, 9.17) is 18.9 Å². The summed E-state index contributed by atoms with van der Waals surface area (Å²) < 4.78 is 24.3. The second kappa shape index (κ2) is 11.3. The topological polar surface area (TPSA) is 115 Å². The first-order chi connectivity index (χ1) is 21.0. The van der Waals surface area contributed by atoms with Crippen molar-refractivity contribution in [2.75, 3.05) is 20.0 Å². The molecule has 2 aliphatic heterocycles. The second-order valence-corrected chi connectivity index (χ2v) is 10.6. The van der Waals surface area contributed by atoms with Crippen molar-refractivity contribution in [2.45, 2.75) is 32.2 Å². The minimum absolute atomic E-state index is 0.0454. The van der Waals surface area contributed by atoms with Crippen molar-refractivity contribution < 1.29 is 23.7 Å². The van der Waals surface area contributed by atoms with Crippen molar-refractivity contribution in [3.05, 3.63) is 100 Å². The highest BCUT2D eigenvalue weighted by atomic mass is 16.7. The number of rotatable bonds is 7. The zero-order valence-electron chi connectivity index (χ0n) is 23.5. The third-order valence-electron chi connectivity index (χ3n) is 7.69. The molecule has 7 rings (SSSR count). The summed E-state index contributed by atoms with van der Waals surface area (Å²) in [6.45, 7) is 3.38. The molecule has 10 nitrogen and oxygen atoms in total. The quantitative estimate of drug-likeness (QED) is 0.233. The molecule has 5 aromatic rings. The van der Waals surface area contributed by atoms with E-state index in [9.17, 15) is 9.59 Å². The minimum atomic E-state index is -0.392. The van der Waals surface area contributed by atoms with Crippen molar-refractivity contribution in [1.82, 2.24) is 19.7 Å².